The lowest BCUT2D eigenvalue weighted by molar-refractivity contribution is -0.289. The summed E-state index contributed by atoms with van der Waals surface area (Å²) in [5.41, 5.74) is 4.16. The molecule has 3 rings (SSSR count). The van der Waals surface area contributed by atoms with E-state index < -0.39 is 41.3 Å². The first-order chi connectivity index (χ1) is 15.8. The van der Waals surface area contributed by atoms with Gasteiger partial charge in [0.1, 0.15) is 11.6 Å². The van der Waals surface area contributed by atoms with E-state index in [-0.39, 0.29) is 29.7 Å². The average molecular weight is 488 g/mol. The van der Waals surface area contributed by atoms with Gasteiger partial charge < -0.3 is 16.0 Å². The van der Waals surface area contributed by atoms with Crippen molar-refractivity contribution in [2.75, 3.05) is 17.6 Å². The molecule has 0 saturated carbocycles. The minimum absolute atomic E-state index is 0.0622. The molecular weight excluding hydrogens is 470 g/mol. The fourth-order valence-corrected chi connectivity index (χ4v) is 3.34. The lowest BCUT2D eigenvalue weighted by Gasteiger charge is -2.28. The molecular formula is C20H18F6N6O2. The van der Waals surface area contributed by atoms with E-state index in [0.29, 0.717) is 17.0 Å². The van der Waals surface area contributed by atoms with Gasteiger partial charge in [0.05, 0.1) is 35.0 Å². The molecule has 0 aliphatic rings. The Morgan fingerprint density at radius 2 is 1.88 bits per heavy atom. The number of pyridine rings is 1. The second-order valence-corrected chi connectivity index (χ2v) is 7.25. The Morgan fingerprint density at radius 1 is 1.21 bits per heavy atom. The summed E-state index contributed by atoms with van der Waals surface area (Å²) in [4.78, 5) is 30.1. The fourth-order valence-electron chi connectivity index (χ4n) is 3.34. The third-order valence-electron chi connectivity index (χ3n) is 5.20. The summed E-state index contributed by atoms with van der Waals surface area (Å²) in [7, 11) is 0. The monoisotopic (exact) mass is 488 g/mol. The Bertz CT molecular complexity index is 1240. The Hall–Kier alpha value is -3.84. The largest absolute Gasteiger partial charge is 0.458 e. The van der Waals surface area contributed by atoms with E-state index in [0.717, 1.165) is 11.0 Å². The van der Waals surface area contributed by atoms with E-state index in [1.807, 2.05) is 0 Å². The van der Waals surface area contributed by atoms with Crippen molar-refractivity contribution >= 4 is 34.2 Å². The smallest absolute Gasteiger partial charge is 0.383 e. The number of nitrogens with zero attached hydrogens (tertiary/aromatic N) is 3. The number of anilines is 2. The predicted molar refractivity (Wildman–Crippen MR) is 109 cm³/mol. The number of amides is 2. The van der Waals surface area contributed by atoms with Crippen LogP contribution < -0.4 is 11.1 Å². The van der Waals surface area contributed by atoms with Gasteiger partial charge in [0.2, 0.25) is 0 Å². The maximum absolute atomic E-state index is 14.5. The van der Waals surface area contributed by atoms with E-state index in [9.17, 15) is 35.9 Å². The van der Waals surface area contributed by atoms with Crippen LogP contribution in [-0.2, 0) is 15.5 Å². The summed E-state index contributed by atoms with van der Waals surface area (Å²) in [6.45, 7) is 2.67. The number of hydrogen-bond donors (Lipinski definition) is 3. The highest BCUT2D eigenvalue weighted by Gasteiger charge is 2.58. The van der Waals surface area contributed by atoms with E-state index in [1.54, 1.807) is 0 Å². The van der Waals surface area contributed by atoms with Crippen LogP contribution in [0.4, 0.5) is 37.8 Å². The number of nitrogens with two attached hydrogens (primary N) is 1. The van der Waals surface area contributed by atoms with Gasteiger partial charge in [-0.3, -0.25) is 14.7 Å². The number of hydrogen-bond acceptors (Lipinski definition) is 5. The summed E-state index contributed by atoms with van der Waals surface area (Å²) in [5.74, 6) is -8.75. The van der Waals surface area contributed by atoms with Crippen molar-refractivity contribution < 1.29 is 35.9 Å². The molecule has 1 atom stereocenters. The second-order valence-electron chi connectivity index (χ2n) is 7.25. The molecule has 2 aromatic heterocycles. The van der Waals surface area contributed by atoms with Crippen molar-refractivity contribution in [3.8, 4) is 0 Å². The molecule has 1 aromatic carbocycles. The van der Waals surface area contributed by atoms with Gasteiger partial charge >= 0.3 is 23.9 Å². The van der Waals surface area contributed by atoms with Crippen LogP contribution in [0.3, 0.4) is 0 Å². The van der Waals surface area contributed by atoms with Crippen LogP contribution in [-0.4, -0.2) is 44.6 Å². The predicted octanol–water partition coefficient (Wildman–Crippen LogP) is 3.88. The number of fused-ring (bicyclic) bond motifs is 1. The van der Waals surface area contributed by atoms with Crippen molar-refractivity contribution in [1.82, 2.24) is 20.1 Å². The zero-order chi connectivity index (χ0) is 25.4. The zero-order valence-electron chi connectivity index (χ0n) is 17.7. The minimum Gasteiger partial charge on any atom is -0.383 e. The highest BCUT2D eigenvalue weighted by Crippen LogP contribution is 2.44. The molecule has 0 radical (unpaired) electrons. The number of aromatic amines is 1. The normalized spacial score (nSPS) is 13.1. The molecule has 0 fully saturated rings. The van der Waals surface area contributed by atoms with Crippen LogP contribution in [0.1, 0.15) is 31.0 Å². The van der Waals surface area contributed by atoms with Gasteiger partial charge in [0.15, 0.2) is 0 Å². The zero-order valence-corrected chi connectivity index (χ0v) is 17.7. The number of carbonyl (C=O) groups excluding carboxylic acids is 2. The first-order valence-electron chi connectivity index (χ1n) is 9.73. The molecule has 14 heteroatoms. The first-order valence-corrected chi connectivity index (χ1v) is 9.73. The van der Waals surface area contributed by atoms with Crippen LogP contribution in [0.15, 0.2) is 30.6 Å². The van der Waals surface area contributed by atoms with Gasteiger partial charge in [-0.2, -0.15) is 27.1 Å². The molecule has 182 valence electrons. The van der Waals surface area contributed by atoms with Gasteiger partial charge in [0, 0.05) is 17.7 Å². The quantitative estimate of drug-likeness (QED) is 0.372. The number of likely N-dealkylation sites (N-methyl/N-ethyl adjacent to an activating group) is 1. The fraction of sp³-hybridized carbons (Fsp3) is 0.300. The molecule has 0 saturated heterocycles. The van der Waals surface area contributed by atoms with Crippen molar-refractivity contribution in [2.45, 2.75) is 32.0 Å². The van der Waals surface area contributed by atoms with Crippen LogP contribution in [0.5, 0.6) is 0 Å². The maximum Gasteiger partial charge on any atom is 0.458 e. The summed E-state index contributed by atoms with van der Waals surface area (Å²) in [6.07, 6.45) is -3.35. The van der Waals surface area contributed by atoms with Crippen LogP contribution >= 0.6 is 0 Å². The molecule has 4 N–H and O–H groups in total. The average Bonchev–Trinajstić information content (AvgIpc) is 3.26. The van der Waals surface area contributed by atoms with Gasteiger partial charge in [-0.05, 0) is 19.9 Å². The van der Waals surface area contributed by atoms with Gasteiger partial charge in [-0.15, -0.1) is 0 Å². The Balaban J connectivity index is 1.84. The highest BCUT2D eigenvalue weighted by molar-refractivity contribution is 6.40. The summed E-state index contributed by atoms with van der Waals surface area (Å²) < 4.78 is 79.3. The summed E-state index contributed by atoms with van der Waals surface area (Å²) in [6, 6.07) is 0.0390. The Kier molecular flexibility index (Phi) is 6.44. The highest BCUT2D eigenvalue weighted by atomic mass is 19.4. The maximum atomic E-state index is 14.5. The number of H-pyrrole nitrogens is 1. The number of rotatable bonds is 5. The third kappa shape index (κ3) is 4.34. The SMILES string of the molecule is CCN(C(=O)C(=O)Nc1cnc(N)c2cn[nH]c12)[C@@H](C)c1ccc(C(F)(F)C(F)(F)F)cc1F. The molecule has 2 heterocycles. The van der Waals surface area contributed by atoms with E-state index in [4.69, 9.17) is 5.73 Å². The number of benzene rings is 1. The molecule has 0 bridgehead atoms. The molecule has 0 unspecified atom stereocenters. The molecule has 0 spiro atoms. The number of aromatic nitrogens is 3. The Morgan fingerprint density at radius 3 is 2.47 bits per heavy atom. The van der Waals surface area contributed by atoms with Crippen LogP contribution in [0.2, 0.25) is 0 Å². The van der Waals surface area contributed by atoms with Crippen molar-refractivity contribution in [3.63, 3.8) is 0 Å². The lowest BCUT2D eigenvalue weighted by atomic mass is 10.0. The van der Waals surface area contributed by atoms with Gasteiger partial charge in [0.25, 0.3) is 0 Å². The van der Waals surface area contributed by atoms with Crippen molar-refractivity contribution in [3.05, 3.63) is 47.5 Å². The van der Waals surface area contributed by atoms with Gasteiger partial charge in [-0.1, -0.05) is 12.1 Å². The molecule has 2 amide bonds. The van der Waals surface area contributed by atoms with E-state index >= 15 is 0 Å². The number of carbonyl (C=O) groups is 2. The lowest BCUT2D eigenvalue weighted by Crippen LogP contribution is -2.41. The topological polar surface area (TPSA) is 117 Å². The van der Waals surface area contributed by atoms with Crippen molar-refractivity contribution in [2.24, 2.45) is 0 Å². The second kappa shape index (κ2) is 8.83. The summed E-state index contributed by atoms with van der Waals surface area (Å²) >= 11 is 0. The van der Waals surface area contributed by atoms with E-state index in [2.05, 4.69) is 20.5 Å². The summed E-state index contributed by atoms with van der Waals surface area (Å²) in [5, 5.41) is 9.12. The first kappa shape index (κ1) is 24.8. The molecule has 34 heavy (non-hydrogen) atoms. The third-order valence-corrected chi connectivity index (χ3v) is 5.20. The molecule has 3 aromatic rings. The van der Waals surface area contributed by atoms with Crippen LogP contribution in [0, 0.1) is 5.82 Å². The molecule has 0 aliphatic heterocycles. The van der Waals surface area contributed by atoms with Crippen molar-refractivity contribution in [1.29, 1.82) is 0 Å². The number of nitrogen functional groups attached to an aromatic ring is 1. The Labute approximate surface area is 188 Å². The number of nitrogens with one attached hydrogen (secondary N) is 2. The van der Waals surface area contributed by atoms with E-state index in [1.165, 1.54) is 26.2 Å². The van der Waals surface area contributed by atoms with Gasteiger partial charge in [-0.25, -0.2) is 9.37 Å². The molecule has 0 aliphatic carbocycles. The number of alkyl halides is 5. The standard InChI is InChI=1S/C20H18F6N6O2/c1-3-32(9(2)11-5-4-10(6-13(11)21)19(22,23)20(24,25)26)18(34)17(33)30-14-8-28-16(27)12-7-29-31-15(12)14/h4-9H,3H2,1-2H3,(H2,27,28)(H,29,31)(H,30,33)/t9-/m0/s1. The minimum atomic E-state index is -5.91. The van der Waals surface area contributed by atoms with Crippen LogP contribution in [0.25, 0.3) is 10.9 Å². The number of halogens is 6. The molecule has 8 nitrogen and oxygen atoms in total.